The van der Waals surface area contributed by atoms with E-state index in [4.69, 9.17) is 9.47 Å². The number of hydrogen-bond donors (Lipinski definition) is 1. The fourth-order valence-corrected chi connectivity index (χ4v) is 2.98. The lowest BCUT2D eigenvalue weighted by Crippen LogP contribution is -2.16. The molecule has 25 heavy (non-hydrogen) atoms. The maximum absolute atomic E-state index is 6.10. The van der Waals surface area contributed by atoms with Crippen molar-refractivity contribution >= 4 is 0 Å². The predicted molar refractivity (Wildman–Crippen MR) is 108 cm³/mol. The van der Waals surface area contributed by atoms with Crippen LogP contribution < -0.4 is 14.8 Å². The van der Waals surface area contributed by atoms with Crippen molar-refractivity contribution in [1.82, 2.24) is 5.32 Å². The van der Waals surface area contributed by atoms with Gasteiger partial charge in [0.2, 0.25) is 0 Å². The molecule has 1 rings (SSSR count). The maximum Gasteiger partial charge on any atom is 0.165 e. The predicted octanol–water partition coefficient (Wildman–Crippen LogP) is 6.10. The minimum atomic E-state index is 0.774. The average molecular weight is 350 g/mol. The summed E-state index contributed by atoms with van der Waals surface area (Å²) < 4.78 is 11.6. The highest BCUT2D eigenvalue weighted by atomic mass is 16.5. The average Bonchev–Trinajstić information content (AvgIpc) is 2.64. The van der Waals surface area contributed by atoms with Gasteiger partial charge in [-0.25, -0.2) is 0 Å². The highest BCUT2D eigenvalue weighted by Gasteiger charge is 2.10. The zero-order valence-corrected chi connectivity index (χ0v) is 16.7. The first kappa shape index (κ1) is 21.8. The van der Waals surface area contributed by atoms with E-state index in [1.807, 2.05) is 12.1 Å². The second-order valence-corrected chi connectivity index (χ2v) is 6.80. The van der Waals surface area contributed by atoms with Crippen LogP contribution in [0.3, 0.4) is 0 Å². The molecule has 1 N–H and O–H groups in total. The summed E-state index contributed by atoms with van der Waals surface area (Å²) >= 11 is 0. The molecule has 1 aromatic rings. The largest absolute Gasteiger partial charge is 0.493 e. The van der Waals surface area contributed by atoms with Gasteiger partial charge in [-0.2, -0.15) is 0 Å². The summed E-state index contributed by atoms with van der Waals surface area (Å²) in [4.78, 5) is 0. The fourth-order valence-electron chi connectivity index (χ4n) is 2.98. The Balaban J connectivity index is 2.39. The standard InChI is InChI=1S/C22H39NO2/c1-4-6-8-10-11-13-18-25-22-20(15-14-16-21(22)24-3)19-23-17-12-9-7-5-2/h14-16,23H,4-13,17-19H2,1-3H3. The van der Waals surface area contributed by atoms with E-state index in [0.29, 0.717) is 0 Å². The van der Waals surface area contributed by atoms with E-state index in [9.17, 15) is 0 Å². The molecular formula is C22H39NO2. The highest BCUT2D eigenvalue weighted by Crippen LogP contribution is 2.31. The Morgan fingerprint density at radius 3 is 2.24 bits per heavy atom. The summed E-state index contributed by atoms with van der Waals surface area (Å²) in [6.07, 6.45) is 12.8. The van der Waals surface area contributed by atoms with Crippen LogP contribution in [0.4, 0.5) is 0 Å². The van der Waals surface area contributed by atoms with Crippen molar-refractivity contribution in [3.05, 3.63) is 23.8 Å². The molecule has 0 aliphatic heterocycles. The van der Waals surface area contributed by atoms with Crippen molar-refractivity contribution in [1.29, 1.82) is 0 Å². The van der Waals surface area contributed by atoms with E-state index in [-0.39, 0.29) is 0 Å². The number of nitrogens with one attached hydrogen (secondary N) is 1. The molecule has 1 aromatic carbocycles. The molecule has 0 aliphatic carbocycles. The number of rotatable bonds is 16. The second-order valence-electron chi connectivity index (χ2n) is 6.80. The Bertz CT molecular complexity index is 434. The van der Waals surface area contributed by atoms with Crippen LogP contribution in [0.1, 0.15) is 83.6 Å². The van der Waals surface area contributed by atoms with Crippen molar-refractivity contribution in [3.8, 4) is 11.5 Å². The Labute approximate surface area is 155 Å². The molecule has 0 fully saturated rings. The zero-order valence-electron chi connectivity index (χ0n) is 16.7. The Hall–Kier alpha value is -1.22. The van der Waals surface area contributed by atoms with Crippen LogP contribution in [0.15, 0.2) is 18.2 Å². The molecule has 0 saturated heterocycles. The third kappa shape index (κ3) is 9.74. The van der Waals surface area contributed by atoms with Gasteiger partial charge in [-0.15, -0.1) is 0 Å². The summed E-state index contributed by atoms with van der Waals surface area (Å²) in [5.74, 6) is 1.76. The van der Waals surface area contributed by atoms with Crippen molar-refractivity contribution in [3.63, 3.8) is 0 Å². The summed E-state index contributed by atoms with van der Waals surface area (Å²) in [5, 5.41) is 3.54. The number of ether oxygens (including phenoxy) is 2. The van der Waals surface area contributed by atoms with Gasteiger partial charge in [-0.3, -0.25) is 0 Å². The van der Waals surface area contributed by atoms with E-state index < -0.39 is 0 Å². The van der Waals surface area contributed by atoms with Gasteiger partial charge in [0.1, 0.15) is 0 Å². The highest BCUT2D eigenvalue weighted by molar-refractivity contribution is 5.46. The molecular weight excluding hydrogens is 310 g/mol. The monoisotopic (exact) mass is 349 g/mol. The molecule has 0 heterocycles. The van der Waals surface area contributed by atoms with Gasteiger partial charge in [0.15, 0.2) is 11.5 Å². The lowest BCUT2D eigenvalue weighted by atomic mass is 10.1. The lowest BCUT2D eigenvalue weighted by molar-refractivity contribution is 0.281. The van der Waals surface area contributed by atoms with E-state index in [1.165, 1.54) is 63.4 Å². The number of unbranched alkanes of at least 4 members (excludes halogenated alkanes) is 8. The van der Waals surface area contributed by atoms with Crippen LogP contribution in [-0.4, -0.2) is 20.3 Å². The third-order valence-corrected chi connectivity index (χ3v) is 4.55. The molecule has 0 aliphatic rings. The molecule has 0 unspecified atom stereocenters. The van der Waals surface area contributed by atoms with Crippen LogP contribution >= 0.6 is 0 Å². The van der Waals surface area contributed by atoms with Crippen LogP contribution in [0.2, 0.25) is 0 Å². The molecule has 0 bridgehead atoms. The first-order valence-corrected chi connectivity index (χ1v) is 10.3. The van der Waals surface area contributed by atoms with Crippen LogP contribution in [0, 0.1) is 0 Å². The molecule has 3 heteroatoms. The first-order valence-electron chi connectivity index (χ1n) is 10.3. The van der Waals surface area contributed by atoms with Crippen LogP contribution in [-0.2, 0) is 6.54 Å². The van der Waals surface area contributed by atoms with E-state index in [1.54, 1.807) is 7.11 Å². The topological polar surface area (TPSA) is 30.5 Å². The molecule has 0 aromatic heterocycles. The van der Waals surface area contributed by atoms with Gasteiger partial charge in [0, 0.05) is 12.1 Å². The molecule has 0 saturated carbocycles. The number of benzene rings is 1. The molecule has 3 nitrogen and oxygen atoms in total. The Kier molecular flexibility index (Phi) is 13.2. The van der Waals surface area contributed by atoms with Crippen molar-refractivity contribution in [2.75, 3.05) is 20.3 Å². The van der Waals surface area contributed by atoms with Crippen molar-refractivity contribution in [2.45, 2.75) is 84.6 Å². The van der Waals surface area contributed by atoms with Gasteiger partial charge < -0.3 is 14.8 Å². The van der Waals surface area contributed by atoms with Crippen molar-refractivity contribution in [2.24, 2.45) is 0 Å². The number of methoxy groups -OCH3 is 1. The third-order valence-electron chi connectivity index (χ3n) is 4.55. The van der Waals surface area contributed by atoms with Crippen LogP contribution in [0.25, 0.3) is 0 Å². The number of hydrogen-bond acceptors (Lipinski definition) is 3. The van der Waals surface area contributed by atoms with Gasteiger partial charge in [-0.05, 0) is 25.5 Å². The van der Waals surface area contributed by atoms with E-state index in [2.05, 4.69) is 25.2 Å². The smallest absolute Gasteiger partial charge is 0.165 e. The lowest BCUT2D eigenvalue weighted by Gasteiger charge is -2.15. The summed E-state index contributed by atoms with van der Waals surface area (Å²) in [5.41, 5.74) is 1.20. The minimum Gasteiger partial charge on any atom is -0.493 e. The molecule has 0 spiro atoms. The van der Waals surface area contributed by atoms with Gasteiger partial charge in [-0.1, -0.05) is 77.3 Å². The van der Waals surface area contributed by atoms with Crippen LogP contribution in [0.5, 0.6) is 11.5 Å². The van der Waals surface area contributed by atoms with Crippen molar-refractivity contribution < 1.29 is 9.47 Å². The SMILES string of the molecule is CCCCCCCCOc1c(CNCCCCCC)cccc1OC. The summed E-state index contributed by atoms with van der Waals surface area (Å²) in [6.45, 7) is 7.18. The summed E-state index contributed by atoms with van der Waals surface area (Å²) in [6, 6.07) is 6.17. The first-order chi connectivity index (χ1) is 12.3. The molecule has 0 amide bonds. The molecule has 0 atom stereocenters. The van der Waals surface area contributed by atoms with Gasteiger partial charge in [0.05, 0.1) is 13.7 Å². The quantitative estimate of drug-likeness (QED) is 0.365. The zero-order chi connectivity index (χ0) is 18.2. The van der Waals surface area contributed by atoms with Gasteiger partial charge in [0.25, 0.3) is 0 Å². The Morgan fingerprint density at radius 1 is 0.840 bits per heavy atom. The molecule has 144 valence electrons. The summed E-state index contributed by atoms with van der Waals surface area (Å²) in [7, 11) is 1.72. The fraction of sp³-hybridized carbons (Fsp3) is 0.727. The normalized spacial score (nSPS) is 10.8. The minimum absolute atomic E-state index is 0.774. The maximum atomic E-state index is 6.10. The Morgan fingerprint density at radius 2 is 1.52 bits per heavy atom. The number of para-hydroxylation sites is 1. The van der Waals surface area contributed by atoms with Gasteiger partial charge >= 0.3 is 0 Å². The molecule has 0 radical (unpaired) electrons. The van der Waals surface area contributed by atoms with E-state index >= 15 is 0 Å². The van der Waals surface area contributed by atoms with E-state index in [0.717, 1.165) is 37.6 Å². The second kappa shape index (κ2) is 15.1.